The zero-order valence-electron chi connectivity index (χ0n) is 17.1. The summed E-state index contributed by atoms with van der Waals surface area (Å²) in [6, 6.07) is 21.2. The van der Waals surface area contributed by atoms with Crippen LogP contribution >= 0.6 is 0 Å². The van der Waals surface area contributed by atoms with Gasteiger partial charge in [0.25, 0.3) is 5.91 Å². The maximum Gasteiger partial charge on any atom is 0.255 e. The first-order valence-electron chi connectivity index (χ1n) is 9.35. The predicted octanol–water partition coefficient (Wildman–Crippen LogP) is 4.22. The lowest BCUT2D eigenvalue weighted by atomic mass is 10.1. The largest absolute Gasteiger partial charge is 0.497 e. The first kappa shape index (κ1) is 21.4. The van der Waals surface area contributed by atoms with E-state index in [4.69, 9.17) is 4.74 Å². The molecule has 7 heteroatoms. The predicted molar refractivity (Wildman–Crippen MR) is 120 cm³/mol. The van der Waals surface area contributed by atoms with Gasteiger partial charge in [-0.2, -0.15) is 0 Å². The Morgan fingerprint density at radius 2 is 1.60 bits per heavy atom. The lowest BCUT2D eigenvalue weighted by molar-refractivity contribution is 0.102. The van der Waals surface area contributed by atoms with E-state index in [1.165, 1.54) is 10.6 Å². The summed E-state index contributed by atoms with van der Waals surface area (Å²) >= 11 is 0. The molecule has 30 heavy (non-hydrogen) atoms. The molecule has 6 nitrogen and oxygen atoms in total. The number of rotatable bonds is 7. The van der Waals surface area contributed by atoms with Crippen molar-refractivity contribution >= 4 is 27.3 Å². The van der Waals surface area contributed by atoms with Crippen LogP contribution < -0.4 is 14.4 Å². The van der Waals surface area contributed by atoms with E-state index in [-0.39, 0.29) is 12.5 Å². The Labute approximate surface area is 177 Å². The third-order valence-corrected chi connectivity index (χ3v) is 5.88. The summed E-state index contributed by atoms with van der Waals surface area (Å²) in [4.78, 5) is 12.5. The second-order valence-corrected chi connectivity index (χ2v) is 8.83. The Kier molecular flexibility index (Phi) is 6.42. The number of hydrogen-bond donors (Lipinski definition) is 1. The van der Waals surface area contributed by atoms with Crippen LogP contribution in [0.1, 0.15) is 21.5 Å². The monoisotopic (exact) mass is 424 g/mol. The first-order valence-corrected chi connectivity index (χ1v) is 11.2. The van der Waals surface area contributed by atoms with E-state index in [1.54, 1.807) is 55.6 Å². The fraction of sp³-hybridized carbons (Fsp3) is 0.174. The zero-order valence-corrected chi connectivity index (χ0v) is 17.9. The highest BCUT2D eigenvalue weighted by Crippen LogP contribution is 2.23. The highest BCUT2D eigenvalue weighted by atomic mass is 32.2. The van der Waals surface area contributed by atoms with Crippen LogP contribution in [0, 0.1) is 6.92 Å². The van der Waals surface area contributed by atoms with Crippen molar-refractivity contribution < 1.29 is 17.9 Å². The van der Waals surface area contributed by atoms with E-state index in [1.807, 2.05) is 31.2 Å². The van der Waals surface area contributed by atoms with Crippen LogP contribution in [0.5, 0.6) is 5.75 Å². The van der Waals surface area contributed by atoms with Gasteiger partial charge in [0.15, 0.2) is 0 Å². The highest BCUT2D eigenvalue weighted by molar-refractivity contribution is 7.92. The molecule has 0 heterocycles. The van der Waals surface area contributed by atoms with E-state index in [0.29, 0.717) is 22.7 Å². The third kappa shape index (κ3) is 5.18. The van der Waals surface area contributed by atoms with Gasteiger partial charge in [0, 0.05) is 11.3 Å². The summed E-state index contributed by atoms with van der Waals surface area (Å²) in [5, 5.41) is 2.81. The van der Waals surface area contributed by atoms with Crippen LogP contribution in [0.4, 0.5) is 11.4 Å². The molecule has 0 spiro atoms. The Balaban J connectivity index is 1.79. The molecule has 1 N–H and O–H groups in total. The number of ether oxygens (including phenoxy) is 1. The molecule has 0 aliphatic rings. The van der Waals surface area contributed by atoms with E-state index < -0.39 is 10.0 Å². The van der Waals surface area contributed by atoms with Gasteiger partial charge in [-0.1, -0.05) is 24.3 Å². The van der Waals surface area contributed by atoms with Gasteiger partial charge in [0.2, 0.25) is 10.0 Å². The van der Waals surface area contributed by atoms with Gasteiger partial charge in [-0.3, -0.25) is 9.10 Å². The minimum Gasteiger partial charge on any atom is -0.497 e. The first-order chi connectivity index (χ1) is 14.3. The number of nitrogens with zero attached hydrogens (tertiary/aromatic N) is 1. The van der Waals surface area contributed by atoms with Crippen molar-refractivity contribution in [3.8, 4) is 5.75 Å². The molecule has 3 aromatic carbocycles. The van der Waals surface area contributed by atoms with E-state index in [2.05, 4.69) is 5.32 Å². The van der Waals surface area contributed by atoms with Gasteiger partial charge in [0.1, 0.15) is 5.75 Å². The summed E-state index contributed by atoms with van der Waals surface area (Å²) in [6.07, 6.45) is 1.18. The summed E-state index contributed by atoms with van der Waals surface area (Å²) < 4.78 is 31.2. The van der Waals surface area contributed by atoms with E-state index in [0.717, 1.165) is 11.1 Å². The van der Waals surface area contributed by atoms with Gasteiger partial charge >= 0.3 is 0 Å². The van der Waals surface area contributed by atoms with E-state index >= 15 is 0 Å². The van der Waals surface area contributed by atoms with Crippen molar-refractivity contribution in [1.82, 2.24) is 0 Å². The molecule has 0 aliphatic carbocycles. The molecule has 0 aromatic heterocycles. The number of methoxy groups -OCH3 is 1. The van der Waals surface area contributed by atoms with Crippen molar-refractivity contribution in [3.63, 3.8) is 0 Å². The van der Waals surface area contributed by atoms with Gasteiger partial charge in [-0.15, -0.1) is 0 Å². The smallest absolute Gasteiger partial charge is 0.255 e. The van der Waals surface area contributed by atoms with Crippen molar-refractivity contribution in [2.75, 3.05) is 23.0 Å². The molecule has 0 bridgehead atoms. The molecule has 3 aromatic rings. The van der Waals surface area contributed by atoms with Crippen LogP contribution in [0.2, 0.25) is 0 Å². The van der Waals surface area contributed by atoms with Gasteiger partial charge < -0.3 is 10.1 Å². The van der Waals surface area contributed by atoms with Crippen molar-refractivity contribution in [2.45, 2.75) is 13.5 Å². The van der Waals surface area contributed by atoms with Crippen molar-refractivity contribution in [1.29, 1.82) is 0 Å². The minimum absolute atomic E-state index is 0.225. The molecule has 3 rings (SSSR count). The fourth-order valence-electron chi connectivity index (χ4n) is 3.00. The molecular weight excluding hydrogens is 400 g/mol. The van der Waals surface area contributed by atoms with Gasteiger partial charge in [0.05, 0.1) is 25.6 Å². The van der Waals surface area contributed by atoms with Crippen LogP contribution in [-0.2, 0) is 16.6 Å². The zero-order chi connectivity index (χ0) is 21.7. The molecule has 0 fully saturated rings. The van der Waals surface area contributed by atoms with Crippen molar-refractivity contribution in [2.24, 2.45) is 0 Å². The van der Waals surface area contributed by atoms with Gasteiger partial charge in [-0.25, -0.2) is 8.42 Å². The quantitative estimate of drug-likeness (QED) is 0.616. The number of carbonyl (C=O) groups is 1. The van der Waals surface area contributed by atoms with E-state index in [9.17, 15) is 13.2 Å². The normalized spacial score (nSPS) is 11.0. The number of anilines is 2. The number of sulfonamides is 1. The second-order valence-electron chi connectivity index (χ2n) is 6.93. The van der Waals surface area contributed by atoms with Crippen molar-refractivity contribution in [3.05, 3.63) is 89.5 Å². The average molecular weight is 425 g/mol. The molecule has 156 valence electrons. The fourth-order valence-corrected chi connectivity index (χ4v) is 3.88. The van der Waals surface area contributed by atoms with Crippen LogP contribution in [0.25, 0.3) is 0 Å². The average Bonchev–Trinajstić information content (AvgIpc) is 2.73. The Bertz CT molecular complexity index is 1120. The third-order valence-electron chi connectivity index (χ3n) is 4.74. The maximum atomic E-state index is 12.5. The molecule has 0 saturated carbocycles. The summed E-state index contributed by atoms with van der Waals surface area (Å²) in [5.41, 5.74) is 3.51. The van der Waals surface area contributed by atoms with Crippen LogP contribution in [0.3, 0.4) is 0 Å². The molecule has 0 aliphatic heterocycles. The van der Waals surface area contributed by atoms with Crippen LogP contribution in [0.15, 0.2) is 72.8 Å². The second kappa shape index (κ2) is 9.00. The molecule has 0 atom stereocenters. The number of amides is 1. The molecule has 1 amide bonds. The number of aryl methyl sites for hydroxylation is 1. The number of nitrogens with one attached hydrogen (secondary N) is 1. The van der Waals surface area contributed by atoms with Gasteiger partial charge in [-0.05, 0) is 66.6 Å². The molecule has 0 saturated heterocycles. The maximum absolute atomic E-state index is 12.5. The topological polar surface area (TPSA) is 75.7 Å². The molecular formula is C23H24N2O4S. The summed E-state index contributed by atoms with van der Waals surface area (Å²) in [7, 11) is -1.92. The number of benzene rings is 3. The minimum atomic E-state index is -3.50. The standard InChI is InChI=1S/C23H24N2O4S/c1-17-6-4-5-7-19(17)16-25(30(3,27)28)21-12-8-18(9-13-21)23(26)24-20-10-14-22(29-2)15-11-20/h4-15H,16H2,1-3H3,(H,24,26). The number of carbonyl (C=O) groups excluding carboxylic acids is 1. The highest BCUT2D eigenvalue weighted by Gasteiger charge is 2.19. The Hall–Kier alpha value is -3.32. The lowest BCUT2D eigenvalue weighted by Crippen LogP contribution is -2.29. The Morgan fingerprint density at radius 3 is 2.17 bits per heavy atom. The van der Waals surface area contributed by atoms with Crippen LogP contribution in [-0.4, -0.2) is 27.7 Å². The SMILES string of the molecule is COc1ccc(NC(=O)c2ccc(N(Cc3ccccc3C)S(C)(=O)=O)cc2)cc1. The summed E-state index contributed by atoms with van der Waals surface area (Å²) in [6.45, 7) is 2.17. The lowest BCUT2D eigenvalue weighted by Gasteiger charge is -2.23. The molecule has 0 unspecified atom stereocenters. The Morgan fingerprint density at radius 1 is 0.967 bits per heavy atom. The summed E-state index contributed by atoms with van der Waals surface area (Å²) in [5.74, 6) is 0.420. The molecule has 0 radical (unpaired) electrons. The number of hydrogen-bond acceptors (Lipinski definition) is 4.